The van der Waals surface area contributed by atoms with E-state index in [0.29, 0.717) is 10.7 Å². The van der Waals surface area contributed by atoms with Gasteiger partial charge in [0.05, 0.1) is 0 Å². The number of benzene rings is 3. The molecule has 0 saturated carbocycles. The van der Waals surface area contributed by atoms with Crippen molar-refractivity contribution in [1.29, 1.82) is 0 Å². The Morgan fingerprint density at radius 2 is 1.66 bits per heavy atom. The van der Waals surface area contributed by atoms with Crippen LogP contribution in [0, 0.1) is 6.92 Å². The van der Waals surface area contributed by atoms with E-state index < -0.39 is 0 Å². The minimum atomic E-state index is -0.182. The van der Waals surface area contributed by atoms with Crippen molar-refractivity contribution in [1.82, 2.24) is 10.2 Å². The van der Waals surface area contributed by atoms with Crippen LogP contribution in [0.4, 0.5) is 5.13 Å². The smallest absolute Gasteiger partial charge is 0.257 e. The van der Waals surface area contributed by atoms with Crippen LogP contribution in [0.25, 0.3) is 10.6 Å². The van der Waals surface area contributed by atoms with E-state index in [1.165, 1.54) is 27.4 Å². The topological polar surface area (TPSA) is 54.9 Å². The van der Waals surface area contributed by atoms with Gasteiger partial charge < -0.3 is 0 Å². The van der Waals surface area contributed by atoms with E-state index in [0.717, 1.165) is 16.3 Å². The molecule has 0 saturated heterocycles. The second-order valence-electron chi connectivity index (χ2n) is 6.53. The predicted molar refractivity (Wildman–Crippen MR) is 120 cm³/mol. The minimum absolute atomic E-state index is 0.182. The second kappa shape index (κ2) is 9.03. The van der Waals surface area contributed by atoms with Crippen LogP contribution in [0.2, 0.25) is 0 Å². The van der Waals surface area contributed by atoms with Gasteiger partial charge >= 0.3 is 0 Å². The van der Waals surface area contributed by atoms with Gasteiger partial charge in [-0.15, -0.1) is 22.0 Å². The highest BCUT2D eigenvalue weighted by atomic mass is 32.2. The number of rotatable bonds is 6. The van der Waals surface area contributed by atoms with Gasteiger partial charge in [0.15, 0.2) is 0 Å². The lowest BCUT2D eigenvalue weighted by atomic mass is 10.1. The van der Waals surface area contributed by atoms with Gasteiger partial charge in [-0.1, -0.05) is 71.5 Å². The molecule has 0 aliphatic carbocycles. The maximum atomic E-state index is 12.5. The molecule has 4 aromatic rings. The lowest BCUT2D eigenvalue weighted by Gasteiger charge is -2.05. The highest BCUT2D eigenvalue weighted by molar-refractivity contribution is 7.98. The van der Waals surface area contributed by atoms with Crippen LogP contribution >= 0.6 is 23.1 Å². The van der Waals surface area contributed by atoms with Gasteiger partial charge in [-0.05, 0) is 36.8 Å². The molecule has 0 radical (unpaired) electrons. The number of nitrogens with zero attached hydrogens (tertiary/aromatic N) is 2. The molecule has 29 heavy (non-hydrogen) atoms. The SMILES string of the molecule is Cc1ccc(SCc2ccc(C(=O)Nc3nnc(-c4ccccc4)s3)cc2)cc1. The summed E-state index contributed by atoms with van der Waals surface area (Å²) in [6.07, 6.45) is 0. The average molecular weight is 418 g/mol. The Hall–Kier alpha value is -2.96. The Labute approximate surface area is 178 Å². The van der Waals surface area contributed by atoms with Crippen molar-refractivity contribution in [3.63, 3.8) is 0 Å². The van der Waals surface area contributed by atoms with Gasteiger partial charge in [-0.25, -0.2) is 0 Å². The van der Waals surface area contributed by atoms with Crippen LogP contribution in [-0.2, 0) is 5.75 Å². The number of hydrogen-bond donors (Lipinski definition) is 1. The molecule has 0 atom stereocenters. The standard InChI is InChI=1S/C23H19N3OS2/c1-16-7-13-20(14-8-16)28-15-17-9-11-18(12-10-17)21(27)24-23-26-25-22(29-23)19-5-3-2-4-6-19/h2-14H,15H2,1H3,(H,24,26,27). The number of carbonyl (C=O) groups is 1. The summed E-state index contributed by atoms with van der Waals surface area (Å²) in [5.74, 6) is 0.681. The Bertz CT molecular complexity index is 1090. The molecular formula is C23H19N3OS2. The van der Waals surface area contributed by atoms with Gasteiger partial charge in [0, 0.05) is 21.8 Å². The maximum Gasteiger partial charge on any atom is 0.257 e. The number of amides is 1. The zero-order chi connectivity index (χ0) is 20.1. The maximum absolute atomic E-state index is 12.5. The molecule has 0 aliphatic rings. The van der Waals surface area contributed by atoms with E-state index in [2.05, 4.69) is 46.7 Å². The largest absolute Gasteiger partial charge is 0.296 e. The first kappa shape index (κ1) is 19.4. The van der Waals surface area contributed by atoms with E-state index >= 15 is 0 Å². The Balaban J connectivity index is 1.35. The van der Waals surface area contributed by atoms with Gasteiger partial charge in [0.1, 0.15) is 5.01 Å². The number of aromatic nitrogens is 2. The molecule has 6 heteroatoms. The third-order valence-corrected chi connectivity index (χ3v) is 6.28. The summed E-state index contributed by atoms with van der Waals surface area (Å²) in [5, 5.41) is 12.3. The van der Waals surface area contributed by atoms with Crippen molar-refractivity contribution in [2.45, 2.75) is 17.6 Å². The van der Waals surface area contributed by atoms with Crippen LogP contribution in [0.5, 0.6) is 0 Å². The fourth-order valence-corrected chi connectivity index (χ4v) is 4.29. The quantitative estimate of drug-likeness (QED) is 0.388. The summed E-state index contributed by atoms with van der Waals surface area (Å²) in [5.41, 5.74) is 4.02. The van der Waals surface area contributed by atoms with E-state index in [4.69, 9.17) is 0 Å². The summed E-state index contributed by atoms with van der Waals surface area (Å²) >= 11 is 3.14. The van der Waals surface area contributed by atoms with Gasteiger partial charge in [0.2, 0.25) is 5.13 Å². The van der Waals surface area contributed by atoms with Crippen LogP contribution < -0.4 is 5.32 Å². The van der Waals surface area contributed by atoms with Gasteiger partial charge in [0.25, 0.3) is 5.91 Å². The number of carbonyl (C=O) groups excluding carboxylic acids is 1. The molecule has 0 bridgehead atoms. The number of anilines is 1. The van der Waals surface area contributed by atoms with E-state index in [-0.39, 0.29) is 5.91 Å². The van der Waals surface area contributed by atoms with E-state index in [9.17, 15) is 4.79 Å². The van der Waals surface area contributed by atoms with Crippen LogP contribution in [-0.4, -0.2) is 16.1 Å². The van der Waals surface area contributed by atoms with Crippen LogP contribution in [0.15, 0.2) is 83.8 Å². The number of hydrogen-bond acceptors (Lipinski definition) is 5. The van der Waals surface area contributed by atoms with Crippen molar-refractivity contribution in [2.75, 3.05) is 5.32 Å². The van der Waals surface area contributed by atoms with Crippen LogP contribution in [0.1, 0.15) is 21.5 Å². The molecule has 1 amide bonds. The average Bonchev–Trinajstić information content (AvgIpc) is 3.23. The molecule has 4 rings (SSSR count). The number of nitrogens with one attached hydrogen (secondary N) is 1. The van der Waals surface area contributed by atoms with Crippen LogP contribution in [0.3, 0.4) is 0 Å². The normalized spacial score (nSPS) is 10.7. The Morgan fingerprint density at radius 3 is 2.38 bits per heavy atom. The van der Waals surface area contributed by atoms with Crippen molar-refractivity contribution in [3.8, 4) is 10.6 Å². The second-order valence-corrected chi connectivity index (χ2v) is 8.56. The molecule has 1 aromatic heterocycles. The summed E-state index contributed by atoms with van der Waals surface area (Å²) in [6, 6.07) is 26.0. The molecule has 1 N–H and O–H groups in total. The molecule has 4 nitrogen and oxygen atoms in total. The molecule has 1 heterocycles. The molecule has 0 aliphatic heterocycles. The monoisotopic (exact) mass is 417 g/mol. The number of aryl methyl sites for hydroxylation is 1. The van der Waals surface area contributed by atoms with E-state index in [1.54, 1.807) is 11.8 Å². The number of thioether (sulfide) groups is 1. The fourth-order valence-electron chi connectivity index (χ4n) is 2.69. The zero-order valence-electron chi connectivity index (χ0n) is 15.8. The summed E-state index contributed by atoms with van der Waals surface area (Å²) < 4.78 is 0. The third-order valence-electron chi connectivity index (χ3n) is 4.31. The first-order valence-electron chi connectivity index (χ1n) is 9.16. The summed E-state index contributed by atoms with van der Waals surface area (Å²) in [6.45, 7) is 2.09. The first-order valence-corrected chi connectivity index (χ1v) is 11.0. The molecular weight excluding hydrogens is 398 g/mol. The van der Waals surface area contributed by atoms with Crippen molar-refractivity contribution in [3.05, 3.63) is 95.6 Å². The zero-order valence-corrected chi connectivity index (χ0v) is 17.5. The lowest BCUT2D eigenvalue weighted by Crippen LogP contribution is -2.11. The summed E-state index contributed by atoms with van der Waals surface area (Å²) in [7, 11) is 0. The third kappa shape index (κ3) is 5.10. The molecule has 3 aromatic carbocycles. The van der Waals surface area contributed by atoms with Crippen molar-refractivity contribution >= 4 is 34.1 Å². The Kier molecular flexibility index (Phi) is 6.03. The predicted octanol–water partition coefficient (Wildman–Crippen LogP) is 6.06. The molecule has 0 unspecified atom stereocenters. The van der Waals surface area contributed by atoms with E-state index in [1.807, 2.05) is 54.6 Å². The fraction of sp³-hybridized carbons (Fsp3) is 0.0870. The highest BCUT2D eigenvalue weighted by Crippen LogP contribution is 2.26. The molecule has 144 valence electrons. The van der Waals surface area contributed by atoms with Crippen molar-refractivity contribution in [2.24, 2.45) is 0 Å². The molecule has 0 fully saturated rings. The van der Waals surface area contributed by atoms with Gasteiger partial charge in [-0.3, -0.25) is 10.1 Å². The van der Waals surface area contributed by atoms with Crippen molar-refractivity contribution < 1.29 is 4.79 Å². The molecule has 0 spiro atoms. The summed E-state index contributed by atoms with van der Waals surface area (Å²) in [4.78, 5) is 13.7. The lowest BCUT2D eigenvalue weighted by molar-refractivity contribution is 0.102. The Morgan fingerprint density at radius 1 is 0.931 bits per heavy atom. The minimum Gasteiger partial charge on any atom is -0.296 e. The first-order chi connectivity index (χ1) is 14.2. The van der Waals surface area contributed by atoms with Gasteiger partial charge in [-0.2, -0.15) is 0 Å². The highest BCUT2D eigenvalue weighted by Gasteiger charge is 2.11.